The largest absolute Gasteiger partial charge is 0.351 e. The van der Waals surface area contributed by atoms with Gasteiger partial charge in [0.15, 0.2) is 5.11 Å². The average molecular weight is 419 g/mol. The van der Waals surface area contributed by atoms with Crippen LogP contribution in [0.25, 0.3) is 0 Å². The predicted molar refractivity (Wildman–Crippen MR) is 110 cm³/mol. The lowest BCUT2D eigenvalue weighted by molar-refractivity contribution is -0.125. The molecular formula is C21H20F3N3OS. The molecule has 1 N–H and O–H groups in total. The Balaban J connectivity index is 2.23. The Kier molecular flexibility index (Phi) is 5.66. The Morgan fingerprint density at radius 1 is 1.07 bits per heavy atom. The summed E-state index contributed by atoms with van der Waals surface area (Å²) in [5.74, 6) is -2.46. The molecule has 0 saturated heterocycles. The van der Waals surface area contributed by atoms with Crippen molar-refractivity contribution in [1.29, 1.82) is 0 Å². The summed E-state index contributed by atoms with van der Waals surface area (Å²) in [4.78, 5) is 15.8. The number of aryl methyl sites for hydroxylation is 1. The second-order valence-corrected chi connectivity index (χ2v) is 7.37. The average Bonchev–Trinajstić information content (AvgIpc) is 2.64. The molecule has 0 aromatic heterocycles. The van der Waals surface area contributed by atoms with Gasteiger partial charge in [-0.15, -0.1) is 0 Å². The number of amides is 1. The maximum atomic E-state index is 14.5. The quantitative estimate of drug-likeness (QED) is 0.756. The van der Waals surface area contributed by atoms with Crippen LogP contribution >= 0.6 is 12.2 Å². The summed E-state index contributed by atoms with van der Waals surface area (Å²) in [5.41, 5.74) is 1.05. The zero-order chi connectivity index (χ0) is 21.5. The fourth-order valence-electron chi connectivity index (χ4n) is 3.30. The lowest BCUT2D eigenvalue weighted by atomic mass is 9.93. The molecule has 1 aliphatic rings. The van der Waals surface area contributed by atoms with E-state index in [0.29, 0.717) is 16.9 Å². The van der Waals surface area contributed by atoms with Crippen molar-refractivity contribution < 1.29 is 18.0 Å². The molecule has 4 nitrogen and oxygen atoms in total. The maximum absolute atomic E-state index is 14.5. The number of carbonyl (C=O) groups is 1. The van der Waals surface area contributed by atoms with Gasteiger partial charge in [-0.3, -0.25) is 9.69 Å². The van der Waals surface area contributed by atoms with Crippen LogP contribution in [0.3, 0.4) is 0 Å². The van der Waals surface area contributed by atoms with Crippen LogP contribution in [-0.2, 0) is 4.79 Å². The monoisotopic (exact) mass is 419 g/mol. The Hall–Kier alpha value is -2.87. The first-order valence-electron chi connectivity index (χ1n) is 8.86. The van der Waals surface area contributed by atoms with Crippen LogP contribution in [0.5, 0.6) is 0 Å². The van der Waals surface area contributed by atoms with Gasteiger partial charge in [-0.05, 0) is 55.9 Å². The lowest BCUT2D eigenvalue weighted by Crippen LogP contribution is -2.49. The van der Waals surface area contributed by atoms with Gasteiger partial charge in [-0.25, -0.2) is 13.2 Å². The maximum Gasteiger partial charge on any atom is 0.253 e. The first-order valence-corrected chi connectivity index (χ1v) is 9.27. The van der Waals surface area contributed by atoms with E-state index in [1.165, 1.54) is 21.9 Å². The zero-order valence-corrected chi connectivity index (χ0v) is 17.2. The molecule has 0 aliphatic carbocycles. The molecule has 3 rings (SSSR count). The van der Waals surface area contributed by atoms with Gasteiger partial charge < -0.3 is 10.2 Å². The standard InChI is InChI=1S/C21H20F3N3OS/c1-11-8-9-13(10-16(11)24)27-12(2)17(20(28)26(3)4)19(25-21(27)29)18-14(22)6-5-7-15(18)23/h5-10,19H,1-4H3,(H,25,29). The second kappa shape index (κ2) is 7.87. The highest BCUT2D eigenvalue weighted by molar-refractivity contribution is 7.80. The number of anilines is 1. The highest BCUT2D eigenvalue weighted by Gasteiger charge is 2.37. The minimum Gasteiger partial charge on any atom is -0.351 e. The third kappa shape index (κ3) is 3.72. The number of halogens is 3. The number of hydrogen-bond acceptors (Lipinski definition) is 2. The molecule has 2 aromatic rings. The van der Waals surface area contributed by atoms with Crippen molar-refractivity contribution >= 4 is 28.9 Å². The minimum absolute atomic E-state index is 0.105. The molecule has 1 atom stereocenters. The van der Waals surface area contributed by atoms with Crippen molar-refractivity contribution in [2.75, 3.05) is 19.0 Å². The van der Waals surface area contributed by atoms with Crippen LogP contribution in [-0.4, -0.2) is 30.0 Å². The zero-order valence-electron chi connectivity index (χ0n) is 16.4. The van der Waals surface area contributed by atoms with Crippen molar-refractivity contribution in [3.05, 3.63) is 76.2 Å². The molecular weight excluding hydrogens is 399 g/mol. The van der Waals surface area contributed by atoms with Crippen LogP contribution in [0, 0.1) is 24.4 Å². The SMILES string of the molecule is CC1=C(C(=O)N(C)C)C(c2c(F)cccc2F)NC(=S)N1c1ccc(C)c(F)c1. The molecule has 1 unspecified atom stereocenters. The number of nitrogens with one attached hydrogen (secondary N) is 1. The van der Waals surface area contributed by atoms with Crippen LogP contribution in [0.15, 0.2) is 47.7 Å². The van der Waals surface area contributed by atoms with E-state index in [1.807, 2.05) is 0 Å². The van der Waals surface area contributed by atoms with E-state index >= 15 is 0 Å². The van der Waals surface area contributed by atoms with Gasteiger partial charge in [0.2, 0.25) is 0 Å². The molecule has 1 aliphatic heterocycles. The summed E-state index contributed by atoms with van der Waals surface area (Å²) in [6.07, 6.45) is 0. The van der Waals surface area contributed by atoms with Gasteiger partial charge in [0.1, 0.15) is 17.5 Å². The number of rotatable bonds is 3. The van der Waals surface area contributed by atoms with Crippen molar-refractivity contribution in [3.8, 4) is 0 Å². The predicted octanol–water partition coefficient (Wildman–Crippen LogP) is 4.21. The first-order chi connectivity index (χ1) is 13.6. The third-order valence-corrected chi connectivity index (χ3v) is 5.12. The fourth-order valence-corrected chi connectivity index (χ4v) is 3.66. The van der Waals surface area contributed by atoms with Crippen molar-refractivity contribution in [2.24, 2.45) is 0 Å². The molecule has 2 aromatic carbocycles. The van der Waals surface area contributed by atoms with E-state index in [2.05, 4.69) is 5.32 Å². The molecule has 0 radical (unpaired) electrons. The van der Waals surface area contributed by atoms with Crippen molar-refractivity contribution in [2.45, 2.75) is 19.9 Å². The highest BCUT2D eigenvalue weighted by atomic mass is 32.1. The topological polar surface area (TPSA) is 35.6 Å². The van der Waals surface area contributed by atoms with Crippen LogP contribution in [0.2, 0.25) is 0 Å². The van der Waals surface area contributed by atoms with Crippen molar-refractivity contribution in [1.82, 2.24) is 10.2 Å². The fraction of sp³-hybridized carbons (Fsp3) is 0.238. The second-order valence-electron chi connectivity index (χ2n) is 6.99. The molecule has 152 valence electrons. The molecule has 0 fully saturated rings. The molecule has 8 heteroatoms. The molecule has 29 heavy (non-hydrogen) atoms. The Morgan fingerprint density at radius 3 is 2.24 bits per heavy atom. The number of allylic oxidation sites excluding steroid dienone is 1. The summed E-state index contributed by atoms with van der Waals surface area (Å²) in [6.45, 7) is 3.25. The number of carbonyl (C=O) groups excluding carboxylic acids is 1. The van der Waals surface area contributed by atoms with Crippen LogP contribution < -0.4 is 10.2 Å². The van der Waals surface area contributed by atoms with Gasteiger partial charge in [0.05, 0.1) is 22.9 Å². The smallest absolute Gasteiger partial charge is 0.253 e. The third-order valence-electron chi connectivity index (χ3n) is 4.82. The van der Waals surface area contributed by atoms with E-state index in [0.717, 1.165) is 12.1 Å². The number of thiocarbonyl (C=S) groups is 1. The van der Waals surface area contributed by atoms with Gasteiger partial charge >= 0.3 is 0 Å². The van der Waals surface area contributed by atoms with E-state index in [-0.39, 0.29) is 16.2 Å². The van der Waals surface area contributed by atoms with E-state index in [9.17, 15) is 18.0 Å². The Bertz CT molecular complexity index is 1020. The summed E-state index contributed by atoms with van der Waals surface area (Å²) in [6, 6.07) is 6.93. The normalized spacial score (nSPS) is 16.7. The molecule has 0 bridgehead atoms. The number of likely N-dealkylation sites (N-methyl/N-ethyl adjacent to an activating group) is 1. The molecule has 1 heterocycles. The van der Waals surface area contributed by atoms with Crippen LogP contribution in [0.4, 0.5) is 18.9 Å². The highest BCUT2D eigenvalue weighted by Crippen LogP contribution is 2.36. The summed E-state index contributed by atoms with van der Waals surface area (Å²) >= 11 is 5.42. The van der Waals surface area contributed by atoms with E-state index < -0.39 is 29.4 Å². The van der Waals surface area contributed by atoms with Gasteiger partial charge in [-0.2, -0.15) is 0 Å². The van der Waals surface area contributed by atoms with E-state index in [4.69, 9.17) is 12.2 Å². The number of benzene rings is 2. The summed E-state index contributed by atoms with van der Waals surface area (Å²) in [5, 5.41) is 2.97. The first kappa shape index (κ1) is 20.9. The van der Waals surface area contributed by atoms with Gasteiger partial charge in [0.25, 0.3) is 5.91 Å². The van der Waals surface area contributed by atoms with E-state index in [1.54, 1.807) is 40.1 Å². The Morgan fingerprint density at radius 2 is 1.69 bits per heavy atom. The number of nitrogens with zero attached hydrogens (tertiary/aromatic N) is 2. The molecule has 0 saturated carbocycles. The van der Waals surface area contributed by atoms with Gasteiger partial charge in [0, 0.05) is 19.8 Å². The summed E-state index contributed by atoms with van der Waals surface area (Å²) in [7, 11) is 3.08. The van der Waals surface area contributed by atoms with Crippen molar-refractivity contribution in [3.63, 3.8) is 0 Å². The minimum atomic E-state index is -1.12. The molecule has 0 spiro atoms. The Labute approximate surface area is 172 Å². The molecule has 1 amide bonds. The van der Waals surface area contributed by atoms with Crippen LogP contribution in [0.1, 0.15) is 24.1 Å². The lowest BCUT2D eigenvalue weighted by Gasteiger charge is -2.38. The number of hydrogen-bond donors (Lipinski definition) is 1. The van der Waals surface area contributed by atoms with Gasteiger partial charge in [-0.1, -0.05) is 12.1 Å². The summed E-state index contributed by atoms with van der Waals surface area (Å²) < 4.78 is 43.2.